The van der Waals surface area contributed by atoms with Gasteiger partial charge in [-0.3, -0.25) is 0 Å². The van der Waals surface area contributed by atoms with Crippen molar-refractivity contribution in [3.8, 4) is 0 Å². The number of nitrogens with one attached hydrogen (secondary N) is 1. The molecule has 0 fully saturated rings. The van der Waals surface area contributed by atoms with E-state index >= 15 is 0 Å². The number of aromatic nitrogens is 2. The first-order chi connectivity index (χ1) is 7.17. The molecule has 1 atom stereocenters. The van der Waals surface area contributed by atoms with Crippen molar-refractivity contribution in [2.45, 2.75) is 32.7 Å². The first-order valence-corrected chi connectivity index (χ1v) is 4.75. The Kier molecular flexibility index (Phi) is 4.67. The molecule has 1 aromatic rings. The molecule has 0 aliphatic carbocycles. The van der Waals surface area contributed by atoms with E-state index in [0.29, 0.717) is 18.3 Å². The van der Waals surface area contributed by atoms with Crippen molar-refractivity contribution in [3.05, 3.63) is 11.7 Å². The maximum absolute atomic E-state index is 5.10. The Morgan fingerprint density at radius 2 is 2.07 bits per heavy atom. The second-order valence-corrected chi connectivity index (χ2v) is 3.24. The molecular weight excluding hydrogens is 198 g/mol. The third-order valence-electron chi connectivity index (χ3n) is 2.02. The van der Waals surface area contributed by atoms with Crippen LogP contribution in [0, 0.1) is 6.92 Å². The number of hydrogen-bond donors (Lipinski definition) is 1. The second kappa shape index (κ2) is 5.79. The Bertz CT molecular complexity index is 286. The predicted molar refractivity (Wildman–Crippen MR) is 53.1 cm³/mol. The van der Waals surface area contributed by atoms with E-state index < -0.39 is 0 Å². The van der Waals surface area contributed by atoms with Crippen molar-refractivity contribution >= 4 is 0 Å². The average Bonchev–Trinajstić information content (AvgIpc) is 2.63. The van der Waals surface area contributed by atoms with Crippen LogP contribution >= 0.6 is 0 Å². The van der Waals surface area contributed by atoms with Gasteiger partial charge in [0, 0.05) is 14.2 Å². The summed E-state index contributed by atoms with van der Waals surface area (Å²) in [7, 11) is 3.20. The largest absolute Gasteiger partial charge is 0.354 e. The van der Waals surface area contributed by atoms with Crippen LogP contribution in [0.25, 0.3) is 0 Å². The molecule has 86 valence electrons. The van der Waals surface area contributed by atoms with Gasteiger partial charge in [-0.1, -0.05) is 5.16 Å². The number of aryl methyl sites for hydroxylation is 1. The minimum Gasteiger partial charge on any atom is -0.354 e. The van der Waals surface area contributed by atoms with Gasteiger partial charge in [-0.25, -0.2) is 0 Å². The van der Waals surface area contributed by atoms with E-state index in [-0.39, 0.29) is 12.3 Å². The highest BCUT2D eigenvalue weighted by molar-refractivity contribution is 4.82. The molecule has 1 heterocycles. The zero-order valence-corrected chi connectivity index (χ0v) is 9.48. The standard InChI is InChI=1S/C9H17N3O3/c1-6(9(13-3)14-4)10-5-8-11-7(2)12-15-8/h6,9-10H,5H2,1-4H3. The summed E-state index contributed by atoms with van der Waals surface area (Å²) in [6.45, 7) is 4.25. The monoisotopic (exact) mass is 215 g/mol. The van der Waals surface area contributed by atoms with E-state index in [9.17, 15) is 0 Å². The van der Waals surface area contributed by atoms with Crippen molar-refractivity contribution in [2.75, 3.05) is 14.2 Å². The van der Waals surface area contributed by atoms with Crippen LogP contribution in [-0.2, 0) is 16.0 Å². The summed E-state index contributed by atoms with van der Waals surface area (Å²) in [6.07, 6.45) is -0.283. The summed E-state index contributed by atoms with van der Waals surface area (Å²) < 4.78 is 15.2. The van der Waals surface area contributed by atoms with Gasteiger partial charge in [-0.15, -0.1) is 0 Å². The Balaban J connectivity index is 2.36. The minimum absolute atomic E-state index is 0.0483. The molecule has 6 nitrogen and oxygen atoms in total. The number of methoxy groups -OCH3 is 2. The van der Waals surface area contributed by atoms with Crippen LogP contribution in [0.5, 0.6) is 0 Å². The van der Waals surface area contributed by atoms with Gasteiger partial charge in [0.05, 0.1) is 12.6 Å². The Hall–Kier alpha value is -0.980. The summed E-state index contributed by atoms with van der Waals surface area (Å²) >= 11 is 0. The lowest BCUT2D eigenvalue weighted by molar-refractivity contribution is -0.119. The molecule has 1 rings (SSSR count). The van der Waals surface area contributed by atoms with Crippen LogP contribution in [0.15, 0.2) is 4.52 Å². The average molecular weight is 215 g/mol. The number of ether oxygens (including phenoxy) is 2. The fourth-order valence-electron chi connectivity index (χ4n) is 1.26. The van der Waals surface area contributed by atoms with Gasteiger partial charge in [-0.05, 0) is 13.8 Å². The van der Waals surface area contributed by atoms with Crippen LogP contribution in [0.1, 0.15) is 18.6 Å². The SMILES string of the molecule is COC(OC)C(C)NCc1nc(C)no1. The lowest BCUT2D eigenvalue weighted by Crippen LogP contribution is -2.39. The van der Waals surface area contributed by atoms with Gasteiger partial charge in [0.25, 0.3) is 0 Å². The van der Waals surface area contributed by atoms with E-state index in [2.05, 4.69) is 15.5 Å². The predicted octanol–water partition coefficient (Wildman–Crippen LogP) is 0.475. The normalized spacial score (nSPS) is 13.4. The summed E-state index contributed by atoms with van der Waals surface area (Å²) in [6, 6.07) is 0.0483. The van der Waals surface area contributed by atoms with Crippen LogP contribution < -0.4 is 5.32 Å². The zero-order chi connectivity index (χ0) is 11.3. The third kappa shape index (κ3) is 3.58. The first kappa shape index (κ1) is 12.1. The minimum atomic E-state index is -0.283. The van der Waals surface area contributed by atoms with Crippen molar-refractivity contribution in [1.29, 1.82) is 0 Å². The van der Waals surface area contributed by atoms with Crippen molar-refractivity contribution in [1.82, 2.24) is 15.5 Å². The topological polar surface area (TPSA) is 69.4 Å². The molecule has 0 radical (unpaired) electrons. The van der Waals surface area contributed by atoms with Gasteiger partial charge in [0.2, 0.25) is 5.89 Å². The smallest absolute Gasteiger partial charge is 0.240 e. The highest BCUT2D eigenvalue weighted by Crippen LogP contribution is 2.01. The Morgan fingerprint density at radius 1 is 1.40 bits per heavy atom. The highest BCUT2D eigenvalue weighted by Gasteiger charge is 2.15. The van der Waals surface area contributed by atoms with E-state index in [0.717, 1.165) is 0 Å². The molecule has 1 aromatic heterocycles. The molecule has 0 amide bonds. The molecule has 15 heavy (non-hydrogen) atoms. The molecule has 0 aliphatic heterocycles. The fraction of sp³-hybridized carbons (Fsp3) is 0.778. The Labute approximate surface area is 88.9 Å². The van der Waals surface area contributed by atoms with Crippen LogP contribution in [0.4, 0.5) is 0 Å². The van der Waals surface area contributed by atoms with E-state index in [1.807, 2.05) is 6.92 Å². The molecule has 0 aliphatic rings. The molecule has 0 aromatic carbocycles. The Morgan fingerprint density at radius 3 is 2.53 bits per heavy atom. The molecule has 0 saturated heterocycles. The van der Waals surface area contributed by atoms with Gasteiger partial charge in [0.1, 0.15) is 0 Å². The third-order valence-corrected chi connectivity index (χ3v) is 2.02. The molecule has 6 heteroatoms. The summed E-state index contributed by atoms with van der Waals surface area (Å²) in [5.74, 6) is 1.19. The van der Waals surface area contributed by atoms with Crippen LogP contribution in [0.3, 0.4) is 0 Å². The number of hydrogen-bond acceptors (Lipinski definition) is 6. The van der Waals surface area contributed by atoms with Crippen molar-refractivity contribution < 1.29 is 14.0 Å². The molecular formula is C9H17N3O3. The van der Waals surface area contributed by atoms with Crippen molar-refractivity contribution in [3.63, 3.8) is 0 Å². The molecule has 0 bridgehead atoms. The molecule has 0 saturated carbocycles. The second-order valence-electron chi connectivity index (χ2n) is 3.24. The number of nitrogens with zero attached hydrogens (tertiary/aromatic N) is 2. The maximum atomic E-state index is 5.10. The quantitative estimate of drug-likeness (QED) is 0.696. The molecule has 1 N–H and O–H groups in total. The summed E-state index contributed by atoms with van der Waals surface area (Å²) in [4.78, 5) is 4.07. The van der Waals surface area contributed by atoms with E-state index in [4.69, 9.17) is 14.0 Å². The van der Waals surface area contributed by atoms with E-state index in [1.165, 1.54) is 0 Å². The summed E-state index contributed by atoms with van der Waals surface area (Å²) in [5.41, 5.74) is 0. The first-order valence-electron chi connectivity index (χ1n) is 4.75. The maximum Gasteiger partial charge on any atom is 0.240 e. The zero-order valence-electron chi connectivity index (χ0n) is 9.48. The van der Waals surface area contributed by atoms with Crippen LogP contribution in [-0.4, -0.2) is 36.7 Å². The van der Waals surface area contributed by atoms with Gasteiger partial charge >= 0.3 is 0 Å². The van der Waals surface area contributed by atoms with Gasteiger partial charge in [-0.2, -0.15) is 4.98 Å². The van der Waals surface area contributed by atoms with Crippen LogP contribution in [0.2, 0.25) is 0 Å². The fourth-order valence-corrected chi connectivity index (χ4v) is 1.26. The molecule has 1 unspecified atom stereocenters. The van der Waals surface area contributed by atoms with Gasteiger partial charge < -0.3 is 19.3 Å². The number of rotatable bonds is 6. The van der Waals surface area contributed by atoms with E-state index in [1.54, 1.807) is 21.1 Å². The lowest BCUT2D eigenvalue weighted by atomic mass is 10.3. The summed E-state index contributed by atoms with van der Waals surface area (Å²) in [5, 5.41) is 6.86. The molecule has 0 spiro atoms. The lowest BCUT2D eigenvalue weighted by Gasteiger charge is -2.21. The van der Waals surface area contributed by atoms with Gasteiger partial charge in [0.15, 0.2) is 12.1 Å². The highest BCUT2D eigenvalue weighted by atomic mass is 16.7. The van der Waals surface area contributed by atoms with Crippen molar-refractivity contribution in [2.24, 2.45) is 0 Å².